The summed E-state index contributed by atoms with van der Waals surface area (Å²) in [6, 6.07) is 8.25. The molecule has 4 rings (SSSR count). The molecule has 2 amide bonds. The number of halogens is 4. The highest BCUT2D eigenvalue weighted by atomic mass is 127. The Morgan fingerprint density at radius 3 is 2.61 bits per heavy atom. The number of methoxy groups -OCH3 is 1. The molecule has 2 aromatic carbocycles. The first-order valence-electron chi connectivity index (χ1n) is 13.0. The third-order valence-electron chi connectivity index (χ3n) is 6.74. The van der Waals surface area contributed by atoms with E-state index in [1.807, 2.05) is 22.6 Å². The van der Waals surface area contributed by atoms with Crippen LogP contribution in [0.2, 0.25) is 0 Å². The topological polar surface area (TPSA) is 156 Å². The number of hydrogen-bond donors (Lipinski definition) is 3. The molecule has 0 saturated heterocycles. The Balaban J connectivity index is 1.81. The number of nitrogens with one attached hydrogen (secondary N) is 1. The van der Waals surface area contributed by atoms with E-state index < -0.39 is 67.0 Å². The van der Waals surface area contributed by atoms with Crippen molar-refractivity contribution in [3.05, 3.63) is 79.2 Å². The molecule has 0 radical (unpaired) electrons. The maximum absolute atomic E-state index is 13.9. The Bertz CT molecular complexity index is 1660. The van der Waals surface area contributed by atoms with Crippen molar-refractivity contribution in [2.24, 2.45) is 0 Å². The van der Waals surface area contributed by atoms with Crippen molar-refractivity contribution >= 4 is 51.7 Å². The second kappa shape index (κ2) is 13.8. The van der Waals surface area contributed by atoms with E-state index in [9.17, 15) is 37.5 Å². The molecule has 1 aliphatic rings. The van der Waals surface area contributed by atoms with Crippen molar-refractivity contribution in [2.45, 2.75) is 30.8 Å². The van der Waals surface area contributed by atoms with Gasteiger partial charge in [-0.3, -0.25) is 14.4 Å². The van der Waals surface area contributed by atoms with Crippen molar-refractivity contribution < 1.29 is 51.7 Å². The summed E-state index contributed by atoms with van der Waals surface area (Å²) in [4.78, 5) is 51.0. The van der Waals surface area contributed by atoms with Gasteiger partial charge in [-0.05, 0) is 52.9 Å². The number of amides is 2. The van der Waals surface area contributed by atoms with Gasteiger partial charge in [0.15, 0.2) is 11.5 Å². The Hall–Kier alpha value is -3.96. The largest absolute Gasteiger partial charge is 0.493 e. The Morgan fingerprint density at radius 1 is 1.23 bits per heavy atom. The summed E-state index contributed by atoms with van der Waals surface area (Å²) in [5.41, 5.74) is -1.71. The third kappa shape index (κ3) is 7.39. The van der Waals surface area contributed by atoms with Gasteiger partial charge >= 0.3 is 11.8 Å². The van der Waals surface area contributed by atoms with Crippen LogP contribution in [0.5, 0.6) is 11.5 Å². The summed E-state index contributed by atoms with van der Waals surface area (Å²) < 4.78 is 58.6. The van der Waals surface area contributed by atoms with Gasteiger partial charge in [-0.25, -0.2) is 4.79 Å². The number of carbonyl (C=O) groups is 3. The molecule has 3 aromatic rings. The highest BCUT2D eigenvalue weighted by molar-refractivity contribution is 14.1. The van der Waals surface area contributed by atoms with Crippen LogP contribution < -0.4 is 20.4 Å². The second-order valence-corrected chi connectivity index (χ2v) is 10.9. The fourth-order valence-corrected chi connectivity index (χ4v) is 5.49. The maximum atomic E-state index is 13.9. The van der Waals surface area contributed by atoms with Crippen LogP contribution in [-0.4, -0.2) is 84.4 Å². The molecule has 0 fully saturated rings. The molecule has 0 aliphatic heterocycles. The highest BCUT2D eigenvalue weighted by Crippen LogP contribution is 2.37. The first-order chi connectivity index (χ1) is 20.9. The summed E-state index contributed by atoms with van der Waals surface area (Å²) in [5.74, 6) is -2.10. The van der Waals surface area contributed by atoms with Crippen LogP contribution in [0.1, 0.15) is 27.1 Å². The first kappa shape index (κ1) is 32.9. The van der Waals surface area contributed by atoms with Crippen LogP contribution >= 0.6 is 22.6 Å². The molecule has 3 unspecified atom stereocenters. The molecule has 11 nitrogen and oxygen atoms in total. The first-order valence-corrected chi connectivity index (χ1v) is 14.1. The van der Waals surface area contributed by atoms with Gasteiger partial charge in [0.25, 0.3) is 5.91 Å². The van der Waals surface area contributed by atoms with Gasteiger partial charge in [0.1, 0.15) is 36.2 Å². The molecule has 0 saturated carbocycles. The van der Waals surface area contributed by atoms with Gasteiger partial charge in [-0.15, -0.1) is 0 Å². The summed E-state index contributed by atoms with van der Waals surface area (Å²) in [5, 5.41) is 23.2. The number of para-hydroxylation sites is 1. The fraction of sp³-hybridized carbons (Fsp3) is 0.310. The third-order valence-corrected chi connectivity index (χ3v) is 7.54. The van der Waals surface area contributed by atoms with Crippen LogP contribution in [0.25, 0.3) is 11.0 Å². The Morgan fingerprint density at radius 2 is 1.95 bits per heavy atom. The van der Waals surface area contributed by atoms with E-state index in [1.54, 1.807) is 12.1 Å². The number of aliphatic hydroxyl groups is 2. The number of ether oxygens (including phenoxy) is 2. The Kier molecular flexibility index (Phi) is 10.3. The van der Waals surface area contributed by atoms with E-state index in [-0.39, 0.29) is 45.0 Å². The molecular formula is C29H26F3IN2O9. The molecule has 1 heterocycles. The quantitative estimate of drug-likeness (QED) is 0.162. The van der Waals surface area contributed by atoms with Crippen molar-refractivity contribution in [3.63, 3.8) is 0 Å². The lowest BCUT2D eigenvalue weighted by molar-refractivity contribution is -0.151. The minimum atomic E-state index is -4.98. The van der Waals surface area contributed by atoms with E-state index in [1.165, 1.54) is 37.5 Å². The van der Waals surface area contributed by atoms with Crippen molar-refractivity contribution in [3.8, 4) is 11.5 Å². The number of nitrogens with zero attached hydrogens (tertiary/aromatic N) is 1. The molecule has 0 spiro atoms. The van der Waals surface area contributed by atoms with Crippen molar-refractivity contribution in [1.29, 1.82) is 0 Å². The zero-order chi connectivity index (χ0) is 32.2. The molecule has 1 aliphatic carbocycles. The SMILES string of the molecule is COc1cc(C=O)cc(I)c1OC1C=C(C(=O)NCCO)CC(N(CC(F)(F)F)C(=O)c2cc3ccccc3oc2=O)C1O. The molecule has 3 N–H and O–H groups in total. The summed E-state index contributed by atoms with van der Waals surface area (Å²) in [6.07, 6.45) is -7.14. The number of hydrogen-bond acceptors (Lipinski definition) is 9. The lowest BCUT2D eigenvalue weighted by Gasteiger charge is -2.40. The predicted octanol–water partition coefficient (Wildman–Crippen LogP) is 2.84. The molecule has 15 heteroatoms. The van der Waals surface area contributed by atoms with Crippen molar-refractivity contribution in [2.75, 3.05) is 26.8 Å². The number of benzene rings is 2. The maximum Gasteiger partial charge on any atom is 0.406 e. The van der Waals surface area contributed by atoms with Gasteiger partial charge in [-0.2, -0.15) is 13.2 Å². The van der Waals surface area contributed by atoms with E-state index >= 15 is 0 Å². The highest BCUT2D eigenvalue weighted by Gasteiger charge is 2.45. The van der Waals surface area contributed by atoms with Gasteiger partial charge in [-0.1, -0.05) is 18.2 Å². The van der Waals surface area contributed by atoms with Gasteiger partial charge in [0.2, 0.25) is 5.91 Å². The zero-order valence-electron chi connectivity index (χ0n) is 23.0. The number of alkyl halides is 3. The molecule has 0 bridgehead atoms. The van der Waals surface area contributed by atoms with Crippen LogP contribution in [0.4, 0.5) is 13.2 Å². The lowest BCUT2D eigenvalue weighted by Crippen LogP contribution is -2.57. The molecule has 44 heavy (non-hydrogen) atoms. The monoisotopic (exact) mass is 730 g/mol. The number of rotatable bonds is 10. The number of aliphatic hydroxyl groups excluding tert-OH is 2. The summed E-state index contributed by atoms with van der Waals surface area (Å²) in [6.45, 7) is -2.50. The van der Waals surface area contributed by atoms with Crippen LogP contribution in [0.3, 0.4) is 0 Å². The average Bonchev–Trinajstić information content (AvgIpc) is 2.99. The minimum Gasteiger partial charge on any atom is -0.493 e. The molecular weight excluding hydrogens is 704 g/mol. The standard InChI is InChI=1S/C29H26F3IN2O9/c1-42-23-9-15(13-37)8-19(33)25(23)43-22-12-17(26(39)34-6-7-36)11-20(24(22)38)35(14-29(30,31)32)27(40)18-10-16-4-2-3-5-21(16)44-28(18)41/h2-5,8-10,12-13,20,22,24,36,38H,6-7,11,14H2,1H3,(H,34,39). The van der Waals surface area contributed by atoms with E-state index in [0.29, 0.717) is 9.86 Å². The molecule has 3 atom stereocenters. The normalized spacial score (nSPS) is 18.3. The van der Waals surface area contributed by atoms with Crippen LogP contribution in [0, 0.1) is 3.57 Å². The van der Waals surface area contributed by atoms with Gasteiger partial charge in [0.05, 0.1) is 23.3 Å². The van der Waals surface area contributed by atoms with E-state index in [0.717, 1.165) is 6.07 Å². The van der Waals surface area contributed by atoms with E-state index in [4.69, 9.17) is 19.0 Å². The van der Waals surface area contributed by atoms with Crippen molar-refractivity contribution in [1.82, 2.24) is 10.2 Å². The molecule has 1 aromatic heterocycles. The average molecular weight is 730 g/mol. The summed E-state index contributed by atoms with van der Waals surface area (Å²) in [7, 11) is 1.29. The molecule has 234 valence electrons. The van der Waals surface area contributed by atoms with E-state index in [2.05, 4.69) is 5.32 Å². The minimum absolute atomic E-state index is 0.0126. The van der Waals surface area contributed by atoms with Gasteiger partial charge in [0, 0.05) is 29.5 Å². The van der Waals surface area contributed by atoms with Crippen LogP contribution in [-0.2, 0) is 4.79 Å². The van der Waals surface area contributed by atoms with Gasteiger partial charge < -0.3 is 34.3 Å². The smallest absolute Gasteiger partial charge is 0.406 e. The summed E-state index contributed by atoms with van der Waals surface area (Å²) >= 11 is 1.83. The lowest BCUT2D eigenvalue weighted by atomic mass is 9.87. The fourth-order valence-electron chi connectivity index (χ4n) is 4.74. The zero-order valence-corrected chi connectivity index (χ0v) is 25.1. The second-order valence-electron chi connectivity index (χ2n) is 9.70. The van der Waals surface area contributed by atoms with Crippen LogP contribution in [0.15, 0.2) is 63.3 Å². The predicted molar refractivity (Wildman–Crippen MR) is 158 cm³/mol. The number of carbonyl (C=O) groups excluding carboxylic acids is 3. The number of fused-ring (bicyclic) bond motifs is 1. The Labute approximate surface area is 261 Å². The number of aldehydes is 1.